The summed E-state index contributed by atoms with van der Waals surface area (Å²) in [5.74, 6) is 0. The second-order valence-corrected chi connectivity index (χ2v) is 4.92. The maximum atomic E-state index is 9.50. The van der Waals surface area contributed by atoms with Crippen LogP contribution in [0.3, 0.4) is 0 Å². The minimum atomic E-state index is 0.230. The van der Waals surface area contributed by atoms with Crippen LogP contribution in [0.25, 0.3) is 0 Å². The molecule has 3 N–H and O–H groups in total. The predicted octanol–water partition coefficient (Wildman–Crippen LogP) is 2.32. The highest BCUT2D eigenvalue weighted by Crippen LogP contribution is 2.26. The van der Waals surface area contributed by atoms with Gasteiger partial charge in [-0.3, -0.25) is 0 Å². The van der Waals surface area contributed by atoms with Gasteiger partial charge in [-0.05, 0) is 37.5 Å². The highest BCUT2D eigenvalue weighted by Gasteiger charge is 2.20. The summed E-state index contributed by atoms with van der Waals surface area (Å²) in [5.41, 5.74) is 9.06. The van der Waals surface area contributed by atoms with Gasteiger partial charge in [-0.2, -0.15) is 0 Å². The van der Waals surface area contributed by atoms with Gasteiger partial charge in [-0.1, -0.05) is 18.9 Å². The molecule has 94 valence electrons. The van der Waals surface area contributed by atoms with Crippen molar-refractivity contribution in [1.29, 1.82) is 0 Å². The molecule has 1 fully saturated rings. The number of anilines is 2. The first-order valence-electron chi connectivity index (χ1n) is 6.46. The molecule has 0 aromatic heterocycles. The van der Waals surface area contributed by atoms with Crippen LogP contribution >= 0.6 is 0 Å². The van der Waals surface area contributed by atoms with Crippen LogP contribution in [0.15, 0.2) is 18.2 Å². The number of aliphatic hydroxyl groups is 1. The van der Waals surface area contributed by atoms with Gasteiger partial charge in [0, 0.05) is 17.9 Å². The third-order valence-corrected chi connectivity index (χ3v) is 3.68. The quantitative estimate of drug-likeness (QED) is 0.772. The fourth-order valence-electron chi connectivity index (χ4n) is 2.51. The van der Waals surface area contributed by atoms with Crippen molar-refractivity contribution in [3.8, 4) is 0 Å². The lowest BCUT2D eigenvalue weighted by molar-refractivity contribution is 0.255. The average Bonchev–Trinajstić information content (AvgIpc) is 2.57. The van der Waals surface area contributed by atoms with E-state index in [1.165, 1.54) is 19.3 Å². The van der Waals surface area contributed by atoms with Crippen LogP contribution in [-0.4, -0.2) is 24.3 Å². The molecule has 1 aromatic carbocycles. The normalized spacial score (nSPS) is 21.3. The molecule has 3 heteroatoms. The molecule has 1 unspecified atom stereocenters. The van der Waals surface area contributed by atoms with Crippen LogP contribution in [0.5, 0.6) is 0 Å². The highest BCUT2D eigenvalue weighted by molar-refractivity contribution is 5.60. The molecule has 1 aromatic rings. The van der Waals surface area contributed by atoms with Gasteiger partial charge in [0.25, 0.3) is 0 Å². The summed E-state index contributed by atoms with van der Waals surface area (Å²) in [6.45, 7) is 3.27. The molecule has 1 aliphatic heterocycles. The summed E-state index contributed by atoms with van der Waals surface area (Å²) < 4.78 is 0. The van der Waals surface area contributed by atoms with E-state index in [0.29, 0.717) is 0 Å². The van der Waals surface area contributed by atoms with E-state index in [9.17, 15) is 5.11 Å². The Morgan fingerprint density at radius 2 is 2.18 bits per heavy atom. The van der Waals surface area contributed by atoms with E-state index in [2.05, 4.69) is 17.0 Å². The second kappa shape index (κ2) is 5.41. The van der Waals surface area contributed by atoms with E-state index >= 15 is 0 Å². The fraction of sp³-hybridized carbons (Fsp3) is 0.571. The number of nitrogens with two attached hydrogens (primary N) is 1. The molecule has 0 amide bonds. The summed E-state index contributed by atoms with van der Waals surface area (Å²) in [6.07, 6.45) is 4.74. The van der Waals surface area contributed by atoms with Crippen LogP contribution < -0.4 is 10.6 Å². The molecule has 0 bridgehead atoms. The summed E-state index contributed by atoms with van der Waals surface area (Å²) in [4.78, 5) is 2.31. The average molecular weight is 234 g/mol. The van der Waals surface area contributed by atoms with Gasteiger partial charge in [-0.25, -0.2) is 0 Å². The second-order valence-electron chi connectivity index (χ2n) is 4.92. The van der Waals surface area contributed by atoms with Crippen molar-refractivity contribution in [1.82, 2.24) is 0 Å². The number of hydrogen-bond donors (Lipinski definition) is 2. The first-order chi connectivity index (χ1) is 8.22. The zero-order valence-corrected chi connectivity index (χ0v) is 10.5. The van der Waals surface area contributed by atoms with Crippen molar-refractivity contribution in [2.45, 2.75) is 38.6 Å². The predicted molar refractivity (Wildman–Crippen MR) is 72.3 cm³/mol. The van der Waals surface area contributed by atoms with E-state index in [4.69, 9.17) is 5.73 Å². The Morgan fingerprint density at radius 3 is 2.88 bits per heavy atom. The molecule has 1 aliphatic rings. The topological polar surface area (TPSA) is 49.5 Å². The molecule has 1 heterocycles. The maximum Gasteiger partial charge on any atom is 0.0635 e. The summed E-state index contributed by atoms with van der Waals surface area (Å²) in [5, 5.41) is 9.50. The van der Waals surface area contributed by atoms with E-state index in [1.54, 1.807) is 0 Å². The third-order valence-electron chi connectivity index (χ3n) is 3.68. The standard InChI is InChI=1S/C14H22N2O/c1-11-6-7-12(9-14(11)15)16-8-4-2-3-5-13(16)10-17/h6-7,9,13,17H,2-5,8,10,15H2,1H3. The molecule has 17 heavy (non-hydrogen) atoms. The Morgan fingerprint density at radius 1 is 1.35 bits per heavy atom. The zero-order chi connectivity index (χ0) is 12.3. The van der Waals surface area contributed by atoms with E-state index < -0.39 is 0 Å². The van der Waals surface area contributed by atoms with Gasteiger partial charge >= 0.3 is 0 Å². The minimum Gasteiger partial charge on any atom is -0.398 e. The van der Waals surface area contributed by atoms with Gasteiger partial charge in [-0.15, -0.1) is 0 Å². The number of hydrogen-bond acceptors (Lipinski definition) is 3. The molecule has 0 aliphatic carbocycles. The lowest BCUT2D eigenvalue weighted by Crippen LogP contribution is -2.37. The Bertz CT molecular complexity index is 378. The zero-order valence-electron chi connectivity index (χ0n) is 10.5. The first-order valence-corrected chi connectivity index (χ1v) is 6.46. The number of benzene rings is 1. The first kappa shape index (κ1) is 12.2. The van der Waals surface area contributed by atoms with Crippen LogP contribution in [-0.2, 0) is 0 Å². The number of nitrogens with zero attached hydrogens (tertiary/aromatic N) is 1. The van der Waals surface area contributed by atoms with E-state index in [0.717, 1.165) is 29.9 Å². The Balaban J connectivity index is 2.25. The summed E-state index contributed by atoms with van der Waals surface area (Å²) in [7, 11) is 0. The Labute approximate surface area is 103 Å². The van der Waals surface area contributed by atoms with Gasteiger partial charge in [0.1, 0.15) is 0 Å². The number of aliphatic hydroxyl groups excluding tert-OH is 1. The number of nitrogen functional groups attached to an aromatic ring is 1. The molecule has 3 nitrogen and oxygen atoms in total. The molecule has 0 spiro atoms. The van der Waals surface area contributed by atoms with Crippen LogP contribution in [0.1, 0.15) is 31.2 Å². The molecule has 1 saturated heterocycles. The van der Waals surface area contributed by atoms with Crippen molar-refractivity contribution < 1.29 is 5.11 Å². The lowest BCUT2D eigenvalue weighted by Gasteiger charge is -2.31. The summed E-state index contributed by atoms with van der Waals surface area (Å²) >= 11 is 0. The number of aryl methyl sites for hydroxylation is 1. The highest BCUT2D eigenvalue weighted by atomic mass is 16.3. The van der Waals surface area contributed by atoms with E-state index in [1.807, 2.05) is 13.0 Å². The SMILES string of the molecule is Cc1ccc(N2CCCCCC2CO)cc1N. The van der Waals surface area contributed by atoms with Crippen LogP contribution in [0, 0.1) is 6.92 Å². The molecule has 0 saturated carbocycles. The maximum absolute atomic E-state index is 9.50. The monoisotopic (exact) mass is 234 g/mol. The lowest BCUT2D eigenvalue weighted by atomic mass is 10.1. The third kappa shape index (κ3) is 2.72. The molecular formula is C14H22N2O. The minimum absolute atomic E-state index is 0.230. The van der Waals surface area contributed by atoms with Crippen molar-refractivity contribution in [2.24, 2.45) is 0 Å². The summed E-state index contributed by atoms with van der Waals surface area (Å²) in [6, 6.07) is 6.45. The van der Waals surface area contributed by atoms with Gasteiger partial charge in [0.15, 0.2) is 0 Å². The van der Waals surface area contributed by atoms with E-state index in [-0.39, 0.29) is 12.6 Å². The van der Waals surface area contributed by atoms with Crippen molar-refractivity contribution in [3.63, 3.8) is 0 Å². The largest absolute Gasteiger partial charge is 0.398 e. The fourth-order valence-corrected chi connectivity index (χ4v) is 2.51. The van der Waals surface area contributed by atoms with Gasteiger partial charge in [0.05, 0.1) is 12.6 Å². The van der Waals surface area contributed by atoms with Crippen LogP contribution in [0.2, 0.25) is 0 Å². The van der Waals surface area contributed by atoms with Crippen LogP contribution in [0.4, 0.5) is 11.4 Å². The van der Waals surface area contributed by atoms with Crippen molar-refractivity contribution in [3.05, 3.63) is 23.8 Å². The smallest absolute Gasteiger partial charge is 0.0635 e. The Hall–Kier alpha value is -1.22. The van der Waals surface area contributed by atoms with Gasteiger partial charge in [0.2, 0.25) is 0 Å². The molecule has 2 rings (SSSR count). The van der Waals surface area contributed by atoms with Gasteiger partial charge < -0.3 is 15.7 Å². The number of rotatable bonds is 2. The van der Waals surface area contributed by atoms with Crippen molar-refractivity contribution >= 4 is 11.4 Å². The molecular weight excluding hydrogens is 212 g/mol. The molecule has 1 atom stereocenters. The molecule has 0 radical (unpaired) electrons. The van der Waals surface area contributed by atoms with Crippen molar-refractivity contribution in [2.75, 3.05) is 23.8 Å². The Kier molecular flexibility index (Phi) is 3.89.